The summed E-state index contributed by atoms with van der Waals surface area (Å²) in [6.07, 6.45) is 5.53. The van der Waals surface area contributed by atoms with Crippen LogP contribution in [-0.4, -0.2) is 53.5 Å². The van der Waals surface area contributed by atoms with Crippen molar-refractivity contribution in [3.63, 3.8) is 0 Å². The molecule has 1 amide bonds. The lowest BCUT2D eigenvalue weighted by Crippen LogP contribution is -2.43. The molecule has 1 atom stereocenters. The lowest BCUT2D eigenvalue weighted by Gasteiger charge is -2.26. The number of benzene rings is 1. The van der Waals surface area contributed by atoms with Crippen LogP contribution in [0.25, 0.3) is 11.8 Å². The number of amides is 1. The van der Waals surface area contributed by atoms with Crippen molar-refractivity contribution in [2.45, 2.75) is 20.3 Å². The number of morpholine rings is 1. The summed E-state index contributed by atoms with van der Waals surface area (Å²) in [4.78, 5) is 13.5. The Morgan fingerprint density at radius 2 is 2.22 bits per heavy atom. The monoisotopic (exact) mass is 367 g/mol. The van der Waals surface area contributed by atoms with E-state index < -0.39 is 0 Å². The average Bonchev–Trinajstić information content (AvgIpc) is 3.03. The summed E-state index contributed by atoms with van der Waals surface area (Å²) in [6.45, 7) is 6.60. The summed E-state index contributed by atoms with van der Waals surface area (Å²) in [7, 11) is 0. The summed E-state index contributed by atoms with van der Waals surface area (Å²) >= 11 is 0. The van der Waals surface area contributed by atoms with Crippen LogP contribution in [0.15, 0.2) is 30.3 Å². The molecule has 0 spiro atoms. The fourth-order valence-corrected chi connectivity index (χ4v) is 3.56. The minimum atomic E-state index is 0.0167. The van der Waals surface area contributed by atoms with Crippen LogP contribution in [0, 0.1) is 12.8 Å². The van der Waals surface area contributed by atoms with E-state index in [1.165, 1.54) is 11.1 Å². The van der Waals surface area contributed by atoms with E-state index in [4.69, 9.17) is 9.47 Å². The Balaban J connectivity index is 1.43. The van der Waals surface area contributed by atoms with E-state index in [0.29, 0.717) is 38.1 Å². The van der Waals surface area contributed by atoms with Gasteiger partial charge in [-0.05, 0) is 42.5 Å². The van der Waals surface area contributed by atoms with E-state index in [2.05, 4.69) is 42.4 Å². The number of ether oxygens (including phenoxy) is 2. The van der Waals surface area contributed by atoms with E-state index in [1.54, 1.807) is 4.90 Å². The number of aryl methyl sites for hydroxylation is 1. The molecule has 2 heterocycles. The molecule has 27 heavy (non-hydrogen) atoms. The summed E-state index contributed by atoms with van der Waals surface area (Å²) in [5.41, 5.74) is 4.68. The number of hydrogen-bond acceptors (Lipinski definition) is 4. The summed E-state index contributed by atoms with van der Waals surface area (Å²) < 4.78 is 12.8. The van der Waals surface area contributed by atoms with Gasteiger partial charge < -0.3 is 14.4 Å². The Bertz CT molecular complexity index is 872. The molecule has 6 heteroatoms. The number of carbonyl (C=O) groups is 1. The minimum absolute atomic E-state index is 0.0167. The molecule has 1 fully saturated rings. The van der Waals surface area contributed by atoms with Crippen molar-refractivity contribution in [2.24, 2.45) is 5.92 Å². The standard InChI is InChI=1S/C21H25N3O3/c1-15-3-4-18-13-19(6-5-17(18)11-15)24-16(2)12-20(22-24)27-10-8-23-7-9-26-14-21(23)25/h3-6,12-13,15H,7-11,14H2,1-2H3/t15-/m0/s1. The van der Waals surface area contributed by atoms with Crippen LogP contribution in [0.1, 0.15) is 23.7 Å². The van der Waals surface area contributed by atoms with Crippen LogP contribution < -0.4 is 4.74 Å². The van der Waals surface area contributed by atoms with Crippen LogP contribution >= 0.6 is 0 Å². The van der Waals surface area contributed by atoms with Crippen molar-refractivity contribution < 1.29 is 14.3 Å². The molecule has 142 valence electrons. The first-order chi connectivity index (χ1) is 13.1. The quantitative estimate of drug-likeness (QED) is 0.815. The number of carbonyl (C=O) groups excluding carboxylic acids is 1. The SMILES string of the molecule is Cc1cc(OCCN2CCOCC2=O)nn1-c1ccc2c(c1)C=C[C@H](C)C2. The van der Waals surface area contributed by atoms with Gasteiger partial charge in [0.15, 0.2) is 0 Å². The van der Waals surface area contributed by atoms with Gasteiger partial charge in [0.05, 0.1) is 18.8 Å². The molecule has 4 rings (SSSR count). The van der Waals surface area contributed by atoms with Gasteiger partial charge in [0.25, 0.3) is 0 Å². The maximum absolute atomic E-state index is 11.7. The van der Waals surface area contributed by atoms with Gasteiger partial charge in [-0.25, -0.2) is 4.68 Å². The first kappa shape index (κ1) is 17.8. The number of hydrogen-bond donors (Lipinski definition) is 0. The fourth-order valence-electron chi connectivity index (χ4n) is 3.56. The van der Waals surface area contributed by atoms with E-state index in [1.807, 2.05) is 17.7 Å². The average molecular weight is 367 g/mol. The number of aromatic nitrogens is 2. The predicted octanol–water partition coefficient (Wildman–Crippen LogP) is 2.62. The van der Waals surface area contributed by atoms with Crippen LogP contribution in [0.3, 0.4) is 0 Å². The Morgan fingerprint density at radius 3 is 3.07 bits per heavy atom. The fraction of sp³-hybridized carbons (Fsp3) is 0.429. The molecule has 0 N–H and O–H groups in total. The van der Waals surface area contributed by atoms with E-state index in [9.17, 15) is 4.79 Å². The van der Waals surface area contributed by atoms with Gasteiger partial charge in [-0.2, -0.15) is 0 Å². The van der Waals surface area contributed by atoms with Crippen molar-refractivity contribution in [1.29, 1.82) is 0 Å². The number of fused-ring (bicyclic) bond motifs is 1. The molecule has 0 unspecified atom stereocenters. The second-order valence-corrected chi connectivity index (χ2v) is 7.24. The molecule has 1 aromatic carbocycles. The van der Waals surface area contributed by atoms with Crippen molar-refractivity contribution >= 4 is 12.0 Å². The maximum atomic E-state index is 11.7. The molecular formula is C21H25N3O3. The molecule has 0 saturated carbocycles. The molecule has 1 aromatic heterocycles. The van der Waals surface area contributed by atoms with E-state index in [0.717, 1.165) is 17.8 Å². The molecular weight excluding hydrogens is 342 g/mol. The van der Waals surface area contributed by atoms with Crippen LogP contribution in [0.5, 0.6) is 5.88 Å². The Labute approximate surface area is 159 Å². The molecule has 0 radical (unpaired) electrons. The third-order valence-electron chi connectivity index (χ3n) is 5.08. The number of nitrogens with zero attached hydrogens (tertiary/aromatic N) is 3. The Hall–Kier alpha value is -2.60. The molecule has 1 aliphatic heterocycles. The highest BCUT2D eigenvalue weighted by molar-refractivity contribution is 5.77. The third kappa shape index (κ3) is 3.90. The van der Waals surface area contributed by atoms with Crippen molar-refractivity contribution in [3.05, 3.63) is 47.2 Å². The highest BCUT2D eigenvalue weighted by Gasteiger charge is 2.18. The smallest absolute Gasteiger partial charge is 0.248 e. The lowest BCUT2D eigenvalue weighted by molar-refractivity contribution is -0.143. The van der Waals surface area contributed by atoms with E-state index >= 15 is 0 Å². The second-order valence-electron chi connectivity index (χ2n) is 7.24. The van der Waals surface area contributed by atoms with Crippen LogP contribution in [-0.2, 0) is 16.0 Å². The molecule has 2 aromatic rings. The topological polar surface area (TPSA) is 56.6 Å². The van der Waals surface area contributed by atoms with Crippen molar-refractivity contribution in [3.8, 4) is 11.6 Å². The Morgan fingerprint density at radius 1 is 1.33 bits per heavy atom. The molecule has 1 aliphatic carbocycles. The largest absolute Gasteiger partial charge is 0.475 e. The lowest BCUT2D eigenvalue weighted by atomic mass is 9.90. The summed E-state index contributed by atoms with van der Waals surface area (Å²) in [6, 6.07) is 8.41. The minimum Gasteiger partial charge on any atom is -0.475 e. The first-order valence-electron chi connectivity index (χ1n) is 9.46. The first-order valence-corrected chi connectivity index (χ1v) is 9.46. The second kappa shape index (κ2) is 7.56. The molecule has 1 saturated heterocycles. The van der Waals surface area contributed by atoms with Crippen LogP contribution in [0.2, 0.25) is 0 Å². The normalized spacial score (nSPS) is 19.3. The van der Waals surface area contributed by atoms with Crippen LogP contribution in [0.4, 0.5) is 0 Å². The zero-order valence-electron chi connectivity index (χ0n) is 15.9. The van der Waals surface area contributed by atoms with Gasteiger partial charge in [0.2, 0.25) is 11.8 Å². The summed E-state index contributed by atoms with van der Waals surface area (Å²) in [5.74, 6) is 1.19. The number of allylic oxidation sites excluding steroid dienone is 1. The maximum Gasteiger partial charge on any atom is 0.248 e. The van der Waals surface area contributed by atoms with Gasteiger partial charge >= 0.3 is 0 Å². The van der Waals surface area contributed by atoms with Gasteiger partial charge in [-0.3, -0.25) is 4.79 Å². The van der Waals surface area contributed by atoms with Gasteiger partial charge in [0, 0.05) is 18.3 Å². The van der Waals surface area contributed by atoms with Crippen molar-refractivity contribution in [1.82, 2.24) is 14.7 Å². The third-order valence-corrected chi connectivity index (χ3v) is 5.08. The predicted molar refractivity (Wildman–Crippen MR) is 103 cm³/mol. The van der Waals surface area contributed by atoms with Gasteiger partial charge in [-0.1, -0.05) is 25.1 Å². The highest BCUT2D eigenvalue weighted by atomic mass is 16.5. The zero-order chi connectivity index (χ0) is 18.8. The Kier molecular flexibility index (Phi) is 4.99. The number of rotatable bonds is 5. The molecule has 0 bridgehead atoms. The van der Waals surface area contributed by atoms with Gasteiger partial charge in [0.1, 0.15) is 13.2 Å². The zero-order valence-corrected chi connectivity index (χ0v) is 15.9. The highest BCUT2D eigenvalue weighted by Crippen LogP contribution is 2.26. The molecule has 2 aliphatic rings. The summed E-state index contributed by atoms with van der Waals surface area (Å²) in [5, 5.41) is 4.59. The molecule has 6 nitrogen and oxygen atoms in total. The van der Waals surface area contributed by atoms with E-state index in [-0.39, 0.29) is 12.5 Å². The van der Waals surface area contributed by atoms with Gasteiger partial charge in [-0.15, -0.1) is 5.10 Å². The van der Waals surface area contributed by atoms with Crippen molar-refractivity contribution in [2.75, 3.05) is 32.9 Å².